The van der Waals surface area contributed by atoms with E-state index in [9.17, 15) is 4.79 Å². The van der Waals surface area contributed by atoms with E-state index in [0.29, 0.717) is 18.8 Å². The largest absolute Gasteiger partial charge is 0.480 e. The summed E-state index contributed by atoms with van der Waals surface area (Å²) in [7, 11) is 0. The van der Waals surface area contributed by atoms with E-state index < -0.39 is 12.0 Å². The number of nitrogens with two attached hydrogens (primary N) is 1. The number of nitrogens with zero attached hydrogens (tertiary/aromatic N) is 1. The lowest BCUT2D eigenvalue weighted by Crippen LogP contribution is -2.37. The van der Waals surface area contributed by atoms with E-state index in [2.05, 4.69) is 10.5 Å². The van der Waals surface area contributed by atoms with Crippen molar-refractivity contribution in [3.8, 4) is 0 Å². The Kier molecular flexibility index (Phi) is 6.47. The quantitative estimate of drug-likeness (QED) is 0.229. The molecular weight excluding hydrogens is 186 g/mol. The van der Waals surface area contributed by atoms with Gasteiger partial charge in [-0.05, 0) is 13.5 Å². The molecule has 0 rings (SSSR count). The van der Waals surface area contributed by atoms with E-state index in [-0.39, 0.29) is 6.61 Å². The highest BCUT2D eigenvalue weighted by molar-refractivity contribution is 5.76. The summed E-state index contributed by atoms with van der Waals surface area (Å²) in [6.07, 6.45) is 0.361. The zero-order chi connectivity index (χ0) is 11.0. The van der Waals surface area contributed by atoms with Gasteiger partial charge in [-0.15, -0.1) is 0 Å². The van der Waals surface area contributed by atoms with Crippen LogP contribution in [0.25, 0.3) is 0 Å². The number of hydrogen-bond acceptors (Lipinski definition) is 4. The van der Waals surface area contributed by atoms with Crippen LogP contribution in [-0.2, 0) is 9.63 Å². The first-order valence-corrected chi connectivity index (χ1v) is 4.46. The molecule has 0 aliphatic rings. The van der Waals surface area contributed by atoms with Crippen LogP contribution in [0.15, 0.2) is 5.16 Å². The summed E-state index contributed by atoms with van der Waals surface area (Å²) in [6, 6.07) is -0.590. The Morgan fingerprint density at radius 2 is 2.36 bits per heavy atom. The molecule has 6 heteroatoms. The van der Waals surface area contributed by atoms with E-state index in [0.717, 1.165) is 0 Å². The smallest absolute Gasteiger partial charge is 0.320 e. The average molecular weight is 203 g/mol. The fraction of sp³-hybridized carbons (Fsp3) is 0.750. The molecule has 0 saturated heterocycles. The van der Waals surface area contributed by atoms with E-state index >= 15 is 0 Å². The fourth-order valence-electron chi connectivity index (χ4n) is 0.877. The lowest BCUT2D eigenvalue weighted by Gasteiger charge is -2.11. The van der Waals surface area contributed by atoms with Crippen LogP contribution in [0.3, 0.4) is 0 Å². The molecule has 1 atom stereocenters. The SMILES string of the molecule is CCN[C@@H](CCO/N=C(/C)N)C(=O)O. The minimum Gasteiger partial charge on any atom is -0.480 e. The van der Waals surface area contributed by atoms with Crippen molar-refractivity contribution in [2.75, 3.05) is 13.2 Å². The molecule has 6 nitrogen and oxygen atoms in total. The van der Waals surface area contributed by atoms with Gasteiger partial charge in [-0.25, -0.2) is 0 Å². The molecule has 0 unspecified atom stereocenters. The number of nitrogens with one attached hydrogen (secondary N) is 1. The van der Waals surface area contributed by atoms with Crippen molar-refractivity contribution < 1.29 is 14.7 Å². The van der Waals surface area contributed by atoms with Crippen molar-refractivity contribution >= 4 is 11.8 Å². The second-order valence-corrected chi connectivity index (χ2v) is 2.80. The maximum Gasteiger partial charge on any atom is 0.320 e. The number of oxime groups is 1. The summed E-state index contributed by atoms with van der Waals surface area (Å²) in [5, 5.41) is 15.0. The first-order valence-electron chi connectivity index (χ1n) is 4.46. The van der Waals surface area contributed by atoms with Gasteiger partial charge < -0.3 is 21.0 Å². The fourth-order valence-corrected chi connectivity index (χ4v) is 0.877. The molecule has 0 bridgehead atoms. The third kappa shape index (κ3) is 6.24. The standard InChI is InChI=1S/C8H17N3O3/c1-3-10-7(8(12)13)4-5-14-11-6(2)9/h7,10H,3-5H2,1-2H3,(H2,9,11)(H,12,13)/t7-/m0/s1. The number of aliphatic carboxylic acids is 1. The number of likely N-dealkylation sites (N-methyl/N-ethyl adjacent to an activating group) is 1. The molecule has 0 aromatic heterocycles. The maximum absolute atomic E-state index is 10.6. The highest BCUT2D eigenvalue weighted by atomic mass is 16.6. The molecule has 0 aromatic rings. The van der Waals surface area contributed by atoms with Crippen LogP contribution in [0, 0.1) is 0 Å². The number of carboxylic acids is 1. The van der Waals surface area contributed by atoms with Crippen molar-refractivity contribution in [3.05, 3.63) is 0 Å². The third-order valence-electron chi connectivity index (χ3n) is 1.45. The van der Waals surface area contributed by atoms with Crippen LogP contribution in [-0.4, -0.2) is 36.1 Å². The van der Waals surface area contributed by atoms with Gasteiger partial charge in [0.1, 0.15) is 18.5 Å². The summed E-state index contributed by atoms with van der Waals surface area (Å²) in [6.45, 7) is 4.28. The molecule has 0 radical (unpaired) electrons. The molecule has 0 heterocycles. The van der Waals surface area contributed by atoms with Crippen LogP contribution in [0.1, 0.15) is 20.3 Å². The van der Waals surface area contributed by atoms with Crippen LogP contribution >= 0.6 is 0 Å². The predicted molar refractivity (Wildman–Crippen MR) is 53.0 cm³/mol. The van der Waals surface area contributed by atoms with Crippen LogP contribution in [0.4, 0.5) is 0 Å². The molecule has 0 saturated carbocycles. The summed E-state index contributed by atoms with van der Waals surface area (Å²) in [5.74, 6) is -0.566. The molecule has 0 aliphatic carbocycles. The predicted octanol–water partition coefficient (Wildman–Crippen LogP) is -0.252. The normalized spacial score (nSPS) is 13.7. The number of hydrogen-bond donors (Lipinski definition) is 3. The van der Waals surface area contributed by atoms with Gasteiger partial charge in [0.15, 0.2) is 0 Å². The van der Waals surface area contributed by atoms with Gasteiger partial charge in [-0.3, -0.25) is 4.79 Å². The van der Waals surface area contributed by atoms with Gasteiger partial charge in [-0.2, -0.15) is 0 Å². The Labute approximate surface area is 83.1 Å². The number of carboxylic acid groups (broad SMARTS) is 1. The second-order valence-electron chi connectivity index (χ2n) is 2.80. The molecule has 4 N–H and O–H groups in total. The molecule has 0 spiro atoms. The zero-order valence-corrected chi connectivity index (χ0v) is 8.49. The molecule has 0 fully saturated rings. The van der Waals surface area contributed by atoms with Gasteiger partial charge in [0.05, 0.1) is 0 Å². The monoisotopic (exact) mass is 203 g/mol. The van der Waals surface area contributed by atoms with Gasteiger partial charge >= 0.3 is 5.97 Å². The van der Waals surface area contributed by atoms with E-state index in [1.54, 1.807) is 6.92 Å². The molecule has 14 heavy (non-hydrogen) atoms. The summed E-state index contributed by atoms with van der Waals surface area (Å²) >= 11 is 0. The van der Waals surface area contributed by atoms with Gasteiger partial charge in [0.25, 0.3) is 0 Å². The minimum atomic E-state index is -0.885. The minimum absolute atomic E-state index is 0.235. The Balaban J connectivity index is 3.72. The zero-order valence-electron chi connectivity index (χ0n) is 8.49. The Morgan fingerprint density at radius 1 is 1.71 bits per heavy atom. The third-order valence-corrected chi connectivity index (χ3v) is 1.45. The van der Waals surface area contributed by atoms with E-state index in [1.165, 1.54) is 0 Å². The van der Waals surface area contributed by atoms with Crippen molar-refractivity contribution in [1.29, 1.82) is 0 Å². The Hall–Kier alpha value is -1.30. The lowest BCUT2D eigenvalue weighted by molar-refractivity contribution is -0.140. The van der Waals surface area contributed by atoms with Crippen LogP contribution in [0.5, 0.6) is 0 Å². The van der Waals surface area contributed by atoms with Crippen LogP contribution < -0.4 is 11.1 Å². The van der Waals surface area contributed by atoms with Crippen molar-refractivity contribution in [2.24, 2.45) is 10.9 Å². The highest BCUT2D eigenvalue weighted by Gasteiger charge is 2.15. The molecule has 0 aromatic carbocycles. The summed E-state index contributed by atoms with van der Waals surface area (Å²) in [4.78, 5) is 15.4. The maximum atomic E-state index is 10.6. The Bertz CT molecular complexity index is 202. The van der Waals surface area contributed by atoms with Crippen molar-refractivity contribution in [3.63, 3.8) is 0 Å². The molecule has 82 valence electrons. The summed E-state index contributed by atoms with van der Waals surface area (Å²) in [5.41, 5.74) is 5.22. The van der Waals surface area contributed by atoms with Crippen LogP contribution in [0.2, 0.25) is 0 Å². The van der Waals surface area contributed by atoms with Crippen molar-refractivity contribution in [2.45, 2.75) is 26.3 Å². The molecule has 0 amide bonds. The topological polar surface area (TPSA) is 96.9 Å². The number of carbonyl (C=O) groups is 1. The summed E-state index contributed by atoms with van der Waals surface area (Å²) < 4.78 is 0. The van der Waals surface area contributed by atoms with Gasteiger partial charge in [-0.1, -0.05) is 12.1 Å². The average Bonchev–Trinajstić information content (AvgIpc) is 2.09. The Morgan fingerprint density at radius 3 is 2.79 bits per heavy atom. The highest BCUT2D eigenvalue weighted by Crippen LogP contribution is 1.93. The molecular formula is C8H17N3O3. The van der Waals surface area contributed by atoms with Gasteiger partial charge in [0, 0.05) is 6.42 Å². The van der Waals surface area contributed by atoms with E-state index in [1.807, 2.05) is 6.92 Å². The number of amidine groups is 1. The van der Waals surface area contributed by atoms with Crippen molar-refractivity contribution in [1.82, 2.24) is 5.32 Å². The first kappa shape index (κ1) is 12.7. The second kappa shape index (κ2) is 7.14. The van der Waals surface area contributed by atoms with Gasteiger partial charge in [0.2, 0.25) is 0 Å². The van der Waals surface area contributed by atoms with E-state index in [4.69, 9.17) is 15.7 Å². The number of rotatable bonds is 7. The molecule has 0 aliphatic heterocycles. The lowest BCUT2D eigenvalue weighted by atomic mass is 10.2. The first-order chi connectivity index (χ1) is 6.57.